The van der Waals surface area contributed by atoms with Gasteiger partial charge in [-0.05, 0) is 38.1 Å². The fraction of sp³-hybridized carbons (Fsp3) is 0.467. The molecule has 0 spiro atoms. The molecule has 18 heavy (non-hydrogen) atoms. The van der Waals surface area contributed by atoms with Crippen molar-refractivity contribution in [1.82, 2.24) is 5.32 Å². The number of hydrogen-bond acceptors (Lipinski definition) is 2. The molecule has 0 aromatic heterocycles. The van der Waals surface area contributed by atoms with Crippen molar-refractivity contribution in [3.05, 3.63) is 28.2 Å². The van der Waals surface area contributed by atoms with Crippen LogP contribution in [0.3, 0.4) is 0 Å². The maximum atomic E-state index is 5.43. The molecular formula is C15H20BrNO. The molecule has 1 N–H and O–H groups in total. The molecule has 2 nitrogen and oxygen atoms in total. The lowest BCUT2D eigenvalue weighted by Crippen LogP contribution is -2.22. The smallest absolute Gasteiger partial charge is 0.123 e. The molecule has 0 aliphatic carbocycles. The lowest BCUT2D eigenvalue weighted by atomic mass is 10.0. The monoisotopic (exact) mass is 309 g/mol. The molecule has 0 aliphatic rings. The van der Waals surface area contributed by atoms with Gasteiger partial charge in [0.05, 0.1) is 7.11 Å². The average Bonchev–Trinajstić information content (AvgIpc) is 2.39. The van der Waals surface area contributed by atoms with Gasteiger partial charge in [0.1, 0.15) is 5.75 Å². The maximum Gasteiger partial charge on any atom is 0.123 e. The largest absolute Gasteiger partial charge is 0.496 e. The minimum absolute atomic E-state index is 0.213. The van der Waals surface area contributed by atoms with Gasteiger partial charge in [0.15, 0.2) is 0 Å². The summed E-state index contributed by atoms with van der Waals surface area (Å²) in [6.45, 7) is 5.01. The number of methoxy groups -OCH3 is 1. The number of rotatable bonds is 6. The maximum absolute atomic E-state index is 5.43. The molecule has 98 valence electrons. The predicted octanol–water partition coefficient (Wildman–Crippen LogP) is 3.91. The Labute approximate surface area is 118 Å². The van der Waals surface area contributed by atoms with Crippen LogP contribution >= 0.6 is 15.9 Å². The Bertz CT molecular complexity index is 434. The third-order valence-corrected chi connectivity index (χ3v) is 3.18. The van der Waals surface area contributed by atoms with Crippen molar-refractivity contribution < 1.29 is 4.74 Å². The van der Waals surface area contributed by atoms with Crippen molar-refractivity contribution in [3.63, 3.8) is 0 Å². The van der Waals surface area contributed by atoms with Crippen molar-refractivity contribution in [1.29, 1.82) is 0 Å². The lowest BCUT2D eigenvalue weighted by Gasteiger charge is -2.19. The molecule has 1 aromatic carbocycles. The van der Waals surface area contributed by atoms with Crippen molar-refractivity contribution in [2.45, 2.75) is 32.7 Å². The topological polar surface area (TPSA) is 21.3 Å². The van der Waals surface area contributed by atoms with Gasteiger partial charge in [0.25, 0.3) is 0 Å². The molecule has 0 saturated carbocycles. The zero-order chi connectivity index (χ0) is 13.4. The molecule has 0 amide bonds. The molecule has 0 bridgehead atoms. The first-order chi connectivity index (χ1) is 8.72. The zero-order valence-electron chi connectivity index (χ0n) is 11.2. The van der Waals surface area contributed by atoms with Crippen molar-refractivity contribution in [3.8, 4) is 17.6 Å². The molecule has 1 unspecified atom stereocenters. The van der Waals surface area contributed by atoms with E-state index in [0.717, 1.165) is 35.2 Å². The summed E-state index contributed by atoms with van der Waals surface area (Å²) in [5.74, 6) is 7.00. The van der Waals surface area contributed by atoms with E-state index in [1.165, 1.54) is 0 Å². The molecule has 1 aromatic rings. The van der Waals surface area contributed by atoms with Gasteiger partial charge in [0.2, 0.25) is 0 Å². The first-order valence-corrected chi connectivity index (χ1v) is 6.98. The van der Waals surface area contributed by atoms with Crippen molar-refractivity contribution >= 4 is 15.9 Å². The minimum Gasteiger partial charge on any atom is -0.496 e. The Morgan fingerprint density at radius 1 is 1.44 bits per heavy atom. The number of benzene rings is 1. The summed E-state index contributed by atoms with van der Waals surface area (Å²) in [6.07, 6.45) is 1.90. The Balaban J connectivity index is 3.00. The van der Waals surface area contributed by atoms with Gasteiger partial charge in [-0.1, -0.05) is 22.9 Å². The third kappa shape index (κ3) is 4.36. The van der Waals surface area contributed by atoms with Crippen LogP contribution in [0.2, 0.25) is 0 Å². The molecule has 0 aliphatic heterocycles. The summed E-state index contributed by atoms with van der Waals surface area (Å²) in [5.41, 5.74) is 1.16. The second-order valence-electron chi connectivity index (χ2n) is 4.02. The molecule has 1 atom stereocenters. The zero-order valence-corrected chi connectivity index (χ0v) is 12.8. The minimum atomic E-state index is 0.213. The Morgan fingerprint density at radius 2 is 2.22 bits per heavy atom. The summed E-state index contributed by atoms with van der Waals surface area (Å²) in [6, 6.07) is 6.29. The summed E-state index contributed by atoms with van der Waals surface area (Å²) in [5, 5.41) is 3.52. The van der Waals surface area contributed by atoms with E-state index >= 15 is 0 Å². The second-order valence-corrected chi connectivity index (χ2v) is 4.94. The van der Waals surface area contributed by atoms with Crippen LogP contribution in [-0.4, -0.2) is 13.7 Å². The van der Waals surface area contributed by atoms with Gasteiger partial charge in [-0.25, -0.2) is 0 Å². The SMILES string of the molecule is CC#CCC(NCCC)c1cc(Br)ccc1OC. The van der Waals surface area contributed by atoms with Crippen LogP contribution in [0.4, 0.5) is 0 Å². The van der Waals surface area contributed by atoms with E-state index in [1.54, 1.807) is 7.11 Å². The molecule has 0 fully saturated rings. The van der Waals surface area contributed by atoms with E-state index in [2.05, 4.69) is 46.1 Å². The van der Waals surface area contributed by atoms with Gasteiger partial charge >= 0.3 is 0 Å². The fourth-order valence-electron chi connectivity index (χ4n) is 1.79. The molecule has 1 rings (SSSR count). The number of hydrogen-bond donors (Lipinski definition) is 1. The van der Waals surface area contributed by atoms with Gasteiger partial charge in [0, 0.05) is 22.5 Å². The first-order valence-electron chi connectivity index (χ1n) is 6.19. The predicted molar refractivity (Wildman–Crippen MR) is 79.8 cm³/mol. The molecule has 0 heterocycles. The van der Waals surface area contributed by atoms with E-state index in [1.807, 2.05) is 19.1 Å². The highest BCUT2D eigenvalue weighted by Crippen LogP contribution is 2.30. The van der Waals surface area contributed by atoms with Crippen LogP contribution in [0, 0.1) is 11.8 Å². The first kappa shape index (κ1) is 15.1. The Kier molecular flexibility index (Phi) is 6.85. The van der Waals surface area contributed by atoms with Gasteiger partial charge in [-0.15, -0.1) is 11.8 Å². The normalized spacial score (nSPS) is 11.6. The van der Waals surface area contributed by atoms with E-state index in [4.69, 9.17) is 4.74 Å². The van der Waals surface area contributed by atoms with Gasteiger partial charge in [-0.3, -0.25) is 0 Å². The Hall–Kier alpha value is -0.980. The summed E-state index contributed by atoms with van der Waals surface area (Å²) < 4.78 is 6.49. The van der Waals surface area contributed by atoms with Crippen LogP contribution in [0.15, 0.2) is 22.7 Å². The summed E-state index contributed by atoms with van der Waals surface area (Å²) >= 11 is 3.51. The van der Waals surface area contributed by atoms with E-state index in [-0.39, 0.29) is 6.04 Å². The molecule has 0 radical (unpaired) electrons. The average molecular weight is 310 g/mol. The standard InChI is InChI=1S/C15H20BrNO/c1-4-6-7-14(17-10-5-2)13-11-12(16)8-9-15(13)18-3/h8-9,11,14,17H,5,7,10H2,1-3H3. The number of halogens is 1. The van der Waals surface area contributed by atoms with E-state index in [9.17, 15) is 0 Å². The van der Waals surface area contributed by atoms with Gasteiger partial charge in [-0.2, -0.15) is 0 Å². The summed E-state index contributed by atoms with van der Waals surface area (Å²) in [7, 11) is 1.70. The van der Waals surface area contributed by atoms with Crippen LogP contribution in [0.25, 0.3) is 0 Å². The number of ether oxygens (including phenoxy) is 1. The van der Waals surface area contributed by atoms with Crippen molar-refractivity contribution in [2.24, 2.45) is 0 Å². The Morgan fingerprint density at radius 3 is 2.83 bits per heavy atom. The molecule has 3 heteroatoms. The van der Waals surface area contributed by atoms with Crippen LogP contribution in [-0.2, 0) is 0 Å². The number of nitrogens with one attached hydrogen (secondary N) is 1. The third-order valence-electron chi connectivity index (χ3n) is 2.69. The highest BCUT2D eigenvalue weighted by atomic mass is 79.9. The molecule has 0 saturated heterocycles. The molecular weight excluding hydrogens is 290 g/mol. The van der Waals surface area contributed by atoms with Gasteiger partial charge < -0.3 is 10.1 Å². The van der Waals surface area contributed by atoms with Crippen LogP contribution in [0.5, 0.6) is 5.75 Å². The highest BCUT2D eigenvalue weighted by molar-refractivity contribution is 9.10. The van der Waals surface area contributed by atoms with Crippen molar-refractivity contribution in [2.75, 3.05) is 13.7 Å². The van der Waals surface area contributed by atoms with E-state index < -0.39 is 0 Å². The second kappa shape index (κ2) is 8.18. The van der Waals surface area contributed by atoms with Crippen LogP contribution < -0.4 is 10.1 Å². The van der Waals surface area contributed by atoms with Crippen LogP contribution in [0.1, 0.15) is 38.3 Å². The quantitative estimate of drug-likeness (QED) is 0.804. The summed E-state index contributed by atoms with van der Waals surface area (Å²) in [4.78, 5) is 0. The lowest BCUT2D eigenvalue weighted by molar-refractivity contribution is 0.399. The highest BCUT2D eigenvalue weighted by Gasteiger charge is 2.14. The fourth-order valence-corrected chi connectivity index (χ4v) is 2.17. The van der Waals surface area contributed by atoms with E-state index in [0.29, 0.717) is 0 Å².